The predicted molar refractivity (Wildman–Crippen MR) is 54.9 cm³/mol. The molecule has 0 radical (unpaired) electrons. The number of rotatable bonds is 1. The van der Waals surface area contributed by atoms with Gasteiger partial charge in [0.2, 0.25) is 4.77 Å². The number of halogens is 1. The molecule has 0 aliphatic heterocycles. The van der Waals surface area contributed by atoms with Crippen LogP contribution in [0.4, 0.5) is 0 Å². The molecule has 2 rings (SSSR count). The van der Waals surface area contributed by atoms with Gasteiger partial charge in [-0.1, -0.05) is 21.9 Å². The van der Waals surface area contributed by atoms with E-state index in [-0.39, 0.29) is 27.0 Å². The van der Waals surface area contributed by atoms with Gasteiger partial charge in [0.25, 0.3) is 0 Å². The van der Waals surface area contributed by atoms with Crippen molar-refractivity contribution in [2.24, 2.45) is 0 Å². The summed E-state index contributed by atoms with van der Waals surface area (Å²) in [7, 11) is 0. The topological polar surface area (TPSA) is 87.0 Å². The zero-order chi connectivity index (χ0) is 11.0. The van der Waals surface area contributed by atoms with E-state index in [9.17, 15) is 10.2 Å². The Labute approximate surface area is 93.7 Å². The van der Waals surface area contributed by atoms with E-state index in [1.165, 1.54) is 16.8 Å². The molecule has 0 saturated heterocycles. The number of phenolic OH excluding ortho intramolecular Hbond substituents is 2. The standard InChI is InChI=1S/C7H5ClN4O2S/c8-3-1-6(14)4(2-5(3)13)12-7(15)9-10-11-12/h1-2,13-14H,(H,9,11,15). The SMILES string of the molecule is Oc1cc(-n2[nH]nnc2=S)c(O)cc1Cl. The number of H-pyrrole nitrogens is 1. The fraction of sp³-hybridized carbons (Fsp3) is 0. The molecule has 6 nitrogen and oxygen atoms in total. The van der Waals surface area contributed by atoms with E-state index in [1.54, 1.807) is 0 Å². The first-order valence-electron chi connectivity index (χ1n) is 3.81. The van der Waals surface area contributed by atoms with Crippen LogP contribution in [-0.4, -0.2) is 30.4 Å². The highest BCUT2D eigenvalue weighted by Crippen LogP contribution is 2.32. The lowest BCUT2D eigenvalue weighted by Crippen LogP contribution is -1.97. The van der Waals surface area contributed by atoms with Crippen molar-refractivity contribution in [3.05, 3.63) is 21.9 Å². The Balaban J connectivity index is 2.69. The van der Waals surface area contributed by atoms with Crippen molar-refractivity contribution in [2.45, 2.75) is 0 Å². The van der Waals surface area contributed by atoms with Crippen molar-refractivity contribution < 1.29 is 10.2 Å². The lowest BCUT2D eigenvalue weighted by atomic mass is 10.3. The maximum absolute atomic E-state index is 9.57. The highest BCUT2D eigenvalue weighted by Gasteiger charge is 2.10. The summed E-state index contributed by atoms with van der Waals surface area (Å²) in [5.41, 5.74) is 0.229. The molecule has 3 N–H and O–H groups in total. The van der Waals surface area contributed by atoms with Crippen molar-refractivity contribution in [3.8, 4) is 17.2 Å². The summed E-state index contributed by atoms with van der Waals surface area (Å²) < 4.78 is 1.37. The molecule has 0 aliphatic carbocycles. The number of aromatic amines is 1. The minimum Gasteiger partial charge on any atom is -0.506 e. The fourth-order valence-electron chi connectivity index (χ4n) is 1.07. The highest BCUT2D eigenvalue weighted by atomic mass is 35.5. The van der Waals surface area contributed by atoms with E-state index in [1.807, 2.05) is 0 Å². The largest absolute Gasteiger partial charge is 0.506 e. The average Bonchev–Trinajstić information content (AvgIpc) is 2.58. The monoisotopic (exact) mass is 244 g/mol. The van der Waals surface area contributed by atoms with Crippen LogP contribution in [0.15, 0.2) is 12.1 Å². The molecule has 0 spiro atoms. The second-order valence-electron chi connectivity index (χ2n) is 2.71. The number of aromatic nitrogens is 4. The van der Waals surface area contributed by atoms with Gasteiger partial charge in [0.1, 0.15) is 17.2 Å². The molecule has 0 atom stereocenters. The quantitative estimate of drug-likeness (QED) is 0.521. The van der Waals surface area contributed by atoms with E-state index >= 15 is 0 Å². The predicted octanol–water partition coefficient (Wildman–Crippen LogP) is 1.39. The van der Waals surface area contributed by atoms with Gasteiger partial charge in [-0.25, -0.2) is 4.68 Å². The molecule has 1 aromatic heterocycles. The number of aromatic hydroxyl groups is 2. The summed E-state index contributed by atoms with van der Waals surface area (Å²) in [6, 6.07) is 2.46. The Hall–Kier alpha value is -1.60. The van der Waals surface area contributed by atoms with Crippen LogP contribution in [0.2, 0.25) is 5.02 Å². The first-order chi connectivity index (χ1) is 7.09. The third-order valence-electron chi connectivity index (χ3n) is 1.76. The van der Waals surface area contributed by atoms with Gasteiger partial charge in [-0.3, -0.25) is 0 Å². The van der Waals surface area contributed by atoms with Crippen LogP contribution in [0, 0.1) is 4.77 Å². The van der Waals surface area contributed by atoms with Crippen LogP contribution in [0.1, 0.15) is 0 Å². The molecule has 2 aromatic rings. The van der Waals surface area contributed by atoms with E-state index in [0.717, 1.165) is 0 Å². The molecule has 0 fully saturated rings. The first-order valence-corrected chi connectivity index (χ1v) is 4.60. The van der Waals surface area contributed by atoms with Crippen molar-refractivity contribution in [3.63, 3.8) is 0 Å². The van der Waals surface area contributed by atoms with Gasteiger partial charge in [0.15, 0.2) is 0 Å². The number of phenols is 2. The maximum atomic E-state index is 9.57. The van der Waals surface area contributed by atoms with Gasteiger partial charge >= 0.3 is 0 Å². The normalized spacial score (nSPS) is 10.5. The maximum Gasteiger partial charge on any atom is 0.243 e. The van der Waals surface area contributed by atoms with E-state index < -0.39 is 0 Å². The Kier molecular flexibility index (Phi) is 2.33. The number of tetrazole rings is 1. The molecular weight excluding hydrogens is 240 g/mol. The molecule has 1 aromatic carbocycles. The molecular formula is C7H5ClN4O2S. The van der Waals surface area contributed by atoms with Crippen LogP contribution in [0.5, 0.6) is 11.5 Å². The third-order valence-corrected chi connectivity index (χ3v) is 2.32. The summed E-state index contributed by atoms with van der Waals surface area (Å²) >= 11 is 10.4. The van der Waals surface area contributed by atoms with Gasteiger partial charge in [0, 0.05) is 12.1 Å². The van der Waals surface area contributed by atoms with Crippen molar-refractivity contribution in [1.82, 2.24) is 20.2 Å². The summed E-state index contributed by atoms with van der Waals surface area (Å²) in [6.45, 7) is 0. The fourth-order valence-corrected chi connectivity index (χ4v) is 1.41. The second-order valence-corrected chi connectivity index (χ2v) is 3.48. The zero-order valence-corrected chi connectivity index (χ0v) is 8.75. The molecule has 0 amide bonds. The van der Waals surface area contributed by atoms with E-state index in [2.05, 4.69) is 15.5 Å². The Bertz CT molecular complexity index is 564. The third kappa shape index (κ3) is 1.66. The first kappa shape index (κ1) is 9.94. The molecule has 0 saturated carbocycles. The molecule has 15 heavy (non-hydrogen) atoms. The van der Waals surface area contributed by atoms with Crippen LogP contribution in [0.3, 0.4) is 0 Å². The smallest absolute Gasteiger partial charge is 0.243 e. The van der Waals surface area contributed by atoms with Crippen LogP contribution in [-0.2, 0) is 0 Å². The summed E-state index contributed by atoms with van der Waals surface area (Å²) in [4.78, 5) is 0. The molecule has 1 heterocycles. The van der Waals surface area contributed by atoms with Gasteiger partial charge < -0.3 is 10.2 Å². The van der Waals surface area contributed by atoms with Crippen molar-refractivity contribution >= 4 is 23.8 Å². The van der Waals surface area contributed by atoms with Gasteiger partial charge in [0.05, 0.1) is 5.02 Å². The molecule has 8 heteroatoms. The van der Waals surface area contributed by atoms with Crippen molar-refractivity contribution in [1.29, 1.82) is 0 Å². The number of hydrogen-bond acceptors (Lipinski definition) is 5. The van der Waals surface area contributed by atoms with Gasteiger partial charge in [-0.05, 0) is 12.2 Å². The lowest BCUT2D eigenvalue weighted by molar-refractivity contribution is 0.456. The number of hydrogen-bond donors (Lipinski definition) is 3. The average molecular weight is 245 g/mol. The summed E-state index contributed by atoms with van der Waals surface area (Å²) in [6.07, 6.45) is 0. The number of benzene rings is 1. The number of nitrogens with one attached hydrogen (secondary N) is 1. The van der Waals surface area contributed by atoms with Crippen molar-refractivity contribution in [2.75, 3.05) is 0 Å². The molecule has 0 unspecified atom stereocenters. The van der Waals surface area contributed by atoms with Crippen LogP contribution >= 0.6 is 23.8 Å². The minimum absolute atomic E-state index is 0.0512. The molecule has 0 aliphatic rings. The second kappa shape index (κ2) is 3.52. The van der Waals surface area contributed by atoms with Crippen LogP contribution in [0.25, 0.3) is 5.69 Å². The van der Waals surface area contributed by atoms with E-state index in [4.69, 9.17) is 23.8 Å². The lowest BCUT2D eigenvalue weighted by Gasteiger charge is -2.05. The minimum atomic E-state index is -0.166. The highest BCUT2D eigenvalue weighted by molar-refractivity contribution is 7.71. The Morgan fingerprint density at radius 3 is 2.67 bits per heavy atom. The number of nitrogens with zero attached hydrogens (tertiary/aromatic N) is 3. The summed E-state index contributed by atoms with van der Waals surface area (Å²) in [5, 5.41) is 28.4. The Morgan fingerprint density at radius 2 is 2.07 bits per heavy atom. The van der Waals surface area contributed by atoms with Crippen LogP contribution < -0.4 is 0 Å². The molecule has 0 bridgehead atoms. The zero-order valence-electron chi connectivity index (χ0n) is 7.18. The van der Waals surface area contributed by atoms with E-state index in [0.29, 0.717) is 0 Å². The van der Waals surface area contributed by atoms with Gasteiger partial charge in [-0.2, -0.15) is 5.21 Å². The molecule has 78 valence electrons. The summed E-state index contributed by atoms with van der Waals surface area (Å²) in [5.74, 6) is -0.305. The van der Waals surface area contributed by atoms with Gasteiger partial charge in [-0.15, -0.1) is 0 Å². The Morgan fingerprint density at radius 1 is 1.33 bits per heavy atom.